The Labute approximate surface area is 155 Å². The molecule has 3 aliphatic heterocycles. The Balaban J connectivity index is 1.59. The number of rotatable bonds is 6. The lowest BCUT2D eigenvalue weighted by Crippen LogP contribution is -2.95. The Morgan fingerprint density at radius 1 is 1.15 bits per heavy atom. The van der Waals surface area contributed by atoms with Gasteiger partial charge in [-0.25, -0.2) is 13.1 Å². The molecule has 10 heteroatoms. The maximum absolute atomic E-state index is 11.4. The number of nitrogens with one attached hydrogen (secondary N) is 1. The number of hydrogen-bond donors (Lipinski definition) is 4. The van der Waals surface area contributed by atoms with Crippen molar-refractivity contribution in [1.29, 1.82) is 0 Å². The van der Waals surface area contributed by atoms with Crippen molar-refractivity contribution in [2.24, 2.45) is 0 Å². The van der Waals surface area contributed by atoms with E-state index in [0.29, 0.717) is 6.17 Å². The van der Waals surface area contributed by atoms with Crippen LogP contribution in [0.5, 0.6) is 0 Å². The average Bonchev–Trinajstić information content (AvgIpc) is 2.96. The lowest BCUT2D eigenvalue weighted by Gasteiger charge is -2.42. The standard InChI is InChI=1S/C16H32N4O5S/c1-26(23,24)18-10-12-15(16(22)13(11-21)25-12)20-8-6-19(7-9-20)14-4-2-3-5-17-14/h12-18,21-22H,2-11H2,1H3/p+1/t12-,13-,14?,15-,16+/m0/s1. The molecule has 3 saturated heterocycles. The second-order valence-electron chi connectivity index (χ2n) is 7.66. The molecular weight excluding hydrogens is 360 g/mol. The minimum absolute atomic E-state index is 0.105. The molecule has 0 spiro atoms. The summed E-state index contributed by atoms with van der Waals surface area (Å²) in [7, 11) is -3.34. The number of nitrogens with zero attached hydrogens (tertiary/aromatic N) is 2. The lowest BCUT2D eigenvalue weighted by atomic mass is 10.0. The summed E-state index contributed by atoms with van der Waals surface area (Å²) in [4.78, 5) is 4.69. The molecule has 0 aromatic rings. The Morgan fingerprint density at radius 3 is 2.42 bits per heavy atom. The fourth-order valence-corrected chi connectivity index (χ4v) is 4.92. The van der Waals surface area contributed by atoms with Crippen molar-refractivity contribution in [3.63, 3.8) is 0 Å². The van der Waals surface area contributed by atoms with Crippen molar-refractivity contribution in [3.05, 3.63) is 0 Å². The van der Waals surface area contributed by atoms with Gasteiger partial charge >= 0.3 is 0 Å². The maximum Gasteiger partial charge on any atom is 0.208 e. The summed E-state index contributed by atoms with van der Waals surface area (Å²) in [6.45, 7) is 4.50. The van der Waals surface area contributed by atoms with E-state index >= 15 is 0 Å². The topological polar surface area (TPSA) is 119 Å². The molecule has 1 unspecified atom stereocenters. The Hall–Kier alpha value is -0.330. The second kappa shape index (κ2) is 8.78. The zero-order valence-electron chi connectivity index (χ0n) is 15.5. The van der Waals surface area contributed by atoms with Crippen molar-refractivity contribution < 1.29 is 28.7 Å². The van der Waals surface area contributed by atoms with Crippen LogP contribution in [0.15, 0.2) is 0 Å². The molecule has 5 atom stereocenters. The molecule has 0 aromatic carbocycles. The van der Waals surface area contributed by atoms with Gasteiger partial charge in [0.15, 0.2) is 0 Å². The highest BCUT2D eigenvalue weighted by Crippen LogP contribution is 2.27. The number of aliphatic hydroxyl groups is 2. The van der Waals surface area contributed by atoms with Gasteiger partial charge in [-0.2, -0.15) is 0 Å². The van der Waals surface area contributed by atoms with Crippen molar-refractivity contribution in [2.75, 3.05) is 52.1 Å². The number of nitrogens with two attached hydrogens (primary N) is 1. The third kappa shape index (κ3) is 4.93. The molecule has 3 fully saturated rings. The Morgan fingerprint density at radius 2 is 1.85 bits per heavy atom. The first-order valence-electron chi connectivity index (χ1n) is 9.59. The Kier molecular flexibility index (Phi) is 6.89. The van der Waals surface area contributed by atoms with E-state index in [1.54, 1.807) is 0 Å². The molecule has 152 valence electrons. The van der Waals surface area contributed by atoms with Gasteiger partial charge in [-0.1, -0.05) is 0 Å². The van der Waals surface area contributed by atoms with Gasteiger partial charge < -0.3 is 20.3 Å². The molecule has 9 nitrogen and oxygen atoms in total. The first-order chi connectivity index (χ1) is 12.4. The molecule has 3 aliphatic rings. The summed E-state index contributed by atoms with van der Waals surface area (Å²) in [6.07, 6.45) is 3.51. The van der Waals surface area contributed by atoms with Gasteiger partial charge in [-0.15, -0.1) is 0 Å². The monoisotopic (exact) mass is 393 g/mol. The van der Waals surface area contributed by atoms with Crippen LogP contribution in [0, 0.1) is 0 Å². The predicted molar refractivity (Wildman–Crippen MR) is 96.0 cm³/mol. The number of piperazine rings is 1. The molecule has 5 N–H and O–H groups in total. The average molecular weight is 394 g/mol. The van der Waals surface area contributed by atoms with Crippen LogP contribution in [0.2, 0.25) is 0 Å². The largest absolute Gasteiger partial charge is 0.394 e. The summed E-state index contributed by atoms with van der Waals surface area (Å²) < 4.78 is 31.0. The summed E-state index contributed by atoms with van der Waals surface area (Å²) in [5.74, 6) is 0. The van der Waals surface area contributed by atoms with Crippen molar-refractivity contribution in [3.8, 4) is 0 Å². The van der Waals surface area contributed by atoms with Crippen molar-refractivity contribution in [1.82, 2.24) is 14.5 Å². The van der Waals surface area contributed by atoms with Gasteiger partial charge in [0.25, 0.3) is 0 Å². The highest BCUT2D eigenvalue weighted by atomic mass is 32.2. The third-order valence-electron chi connectivity index (χ3n) is 5.82. The van der Waals surface area contributed by atoms with Crippen LogP contribution in [0.3, 0.4) is 0 Å². The first kappa shape index (κ1) is 20.4. The highest BCUT2D eigenvalue weighted by molar-refractivity contribution is 7.88. The van der Waals surface area contributed by atoms with Crippen molar-refractivity contribution >= 4 is 10.0 Å². The second-order valence-corrected chi connectivity index (χ2v) is 9.49. The molecule has 0 aliphatic carbocycles. The maximum atomic E-state index is 11.4. The molecular formula is C16H33N4O5S+. The molecule has 3 rings (SSSR count). The molecule has 0 amide bonds. The first-order valence-corrected chi connectivity index (χ1v) is 11.5. The van der Waals surface area contributed by atoms with E-state index in [1.807, 2.05) is 0 Å². The summed E-state index contributed by atoms with van der Waals surface area (Å²) in [6, 6.07) is -0.307. The van der Waals surface area contributed by atoms with Crippen molar-refractivity contribution in [2.45, 2.75) is 49.8 Å². The summed E-state index contributed by atoms with van der Waals surface area (Å²) in [5.41, 5.74) is 0. The minimum Gasteiger partial charge on any atom is -0.394 e. The van der Waals surface area contributed by atoms with Gasteiger partial charge in [0, 0.05) is 39.1 Å². The van der Waals surface area contributed by atoms with E-state index in [-0.39, 0.29) is 19.2 Å². The zero-order valence-corrected chi connectivity index (χ0v) is 16.3. The number of hydrogen-bond acceptors (Lipinski definition) is 7. The quantitative estimate of drug-likeness (QED) is 0.374. The third-order valence-corrected chi connectivity index (χ3v) is 6.51. The van der Waals surface area contributed by atoms with Gasteiger partial charge in [0.1, 0.15) is 18.4 Å². The van der Waals surface area contributed by atoms with Crippen LogP contribution < -0.4 is 10.0 Å². The number of sulfonamides is 1. The van der Waals surface area contributed by atoms with Gasteiger partial charge in [-0.3, -0.25) is 9.80 Å². The minimum atomic E-state index is -3.34. The number of quaternary nitrogens is 1. The van der Waals surface area contributed by atoms with Gasteiger partial charge in [-0.05, 0) is 12.8 Å². The predicted octanol–water partition coefficient (Wildman–Crippen LogP) is -3.28. The van der Waals surface area contributed by atoms with E-state index in [9.17, 15) is 18.6 Å². The number of aliphatic hydroxyl groups excluding tert-OH is 2. The van der Waals surface area contributed by atoms with E-state index < -0.39 is 28.3 Å². The van der Waals surface area contributed by atoms with Crippen LogP contribution in [-0.4, -0.2) is 111 Å². The van der Waals surface area contributed by atoms with Crippen LogP contribution in [0.4, 0.5) is 0 Å². The van der Waals surface area contributed by atoms with Gasteiger partial charge in [0.2, 0.25) is 10.0 Å². The summed E-state index contributed by atoms with van der Waals surface area (Å²) >= 11 is 0. The van der Waals surface area contributed by atoms with Gasteiger partial charge in [0.05, 0.1) is 31.6 Å². The molecule has 0 radical (unpaired) electrons. The molecule has 0 aromatic heterocycles. The number of piperidine rings is 1. The summed E-state index contributed by atoms with van der Waals surface area (Å²) in [5, 5.41) is 22.5. The van der Waals surface area contributed by atoms with Crippen LogP contribution in [0.1, 0.15) is 19.3 Å². The molecule has 26 heavy (non-hydrogen) atoms. The zero-order chi connectivity index (χ0) is 18.7. The highest BCUT2D eigenvalue weighted by Gasteiger charge is 2.47. The SMILES string of the molecule is CS(=O)(=O)NC[C@@H]1O[C@@H](CO)[C@@H](O)[C@H]1N1CCN(C2CCCC[NH2+]2)CC1. The van der Waals surface area contributed by atoms with Crippen LogP contribution in [-0.2, 0) is 14.8 Å². The van der Waals surface area contributed by atoms with Crippen LogP contribution >= 0.6 is 0 Å². The normalized spacial score (nSPS) is 37.9. The smallest absolute Gasteiger partial charge is 0.208 e. The molecule has 3 heterocycles. The Bertz CT molecular complexity index is 549. The van der Waals surface area contributed by atoms with Crippen LogP contribution in [0.25, 0.3) is 0 Å². The van der Waals surface area contributed by atoms with E-state index in [4.69, 9.17) is 4.74 Å². The fraction of sp³-hybridized carbons (Fsp3) is 1.00. The lowest BCUT2D eigenvalue weighted by molar-refractivity contribution is -0.717. The van der Waals surface area contributed by atoms with E-state index in [1.165, 1.54) is 25.8 Å². The number of ether oxygens (including phenoxy) is 1. The van der Waals surface area contributed by atoms with E-state index in [2.05, 4.69) is 19.8 Å². The molecule has 0 bridgehead atoms. The van der Waals surface area contributed by atoms with E-state index in [0.717, 1.165) is 32.4 Å². The molecule has 0 saturated carbocycles. The fourth-order valence-electron chi connectivity index (χ4n) is 4.45.